The number of nitrogens with one attached hydrogen (secondary N) is 2. The molecule has 0 radical (unpaired) electrons. The van der Waals surface area contributed by atoms with Crippen LogP contribution in [0.15, 0.2) is 30.3 Å². The summed E-state index contributed by atoms with van der Waals surface area (Å²) in [5, 5.41) is 6.02. The second kappa shape index (κ2) is 8.37. The molecule has 1 aromatic carbocycles. The summed E-state index contributed by atoms with van der Waals surface area (Å²) < 4.78 is 5.62. The Kier molecular flexibility index (Phi) is 6.14. The van der Waals surface area contributed by atoms with E-state index >= 15 is 0 Å². The first-order valence-electron chi connectivity index (χ1n) is 9.53. The molecule has 0 spiro atoms. The molecule has 0 saturated carbocycles. The van der Waals surface area contributed by atoms with Gasteiger partial charge in [-0.05, 0) is 26.5 Å². The highest BCUT2D eigenvalue weighted by atomic mass is 16.5. The van der Waals surface area contributed by atoms with E-state index in [0.29, 0.717) is 0 Å². The normalized spacial score (nSPS) is 25.1. The van der Waals surface area contributed by atoms with Gasteiger partial charge in [-0.1, -0.05) is 30.3 Å². The Morgan fingerprint density at radius 1 is 1.22 bits per heavy atom. The van der Waals surface area contributed by atoms with Gasteiger partial charge in [0.15, 0.2) is 6.10 Å². The Bertz CT molecular complexity index is 656. The number of morpholine rings is 1. The number of rotatable bonds is 5. The van der Waals surface area contributed by atoms with Crippen molar-refractivity contribution in [1.82, 2.24) is 20.4 Å². The van der Waals surface area contributed by atoms with E-state index in [4.69, 9.17) is 4.74 Å². The van der Waals surface area contributed by atoms with E-state index in [1.807, 2.05) is 44.2 Å². The minimum atomic E-state index is -0.739. The lowest BCUT2D eigenvalue weighted by Gasteiger charge is -2.39. The van der Waals surface area contributed by atoms with Crippen LogP contribution in [-0.4, -0.2) is 79.6 Å². The van der Waals surface area contributed by atoms with Crippen LogP contribution in [0.4, 0.5) is 0 Å². The Hall–Kier alpha value is -1.96. The molecule has 2 amide bonds. The second-order valence-electron chi connectivity index (χ2n) is 8.14. The minimum absolute atomic E-state index is 0.0969. The fourth-order valence-corrected chi connectivity index (χ4v) is 3.71. The molecule has 2 saturated heterocycles. The largest absolute Gasteiger partial charge is 0.356 e. The highest BCUT2D eigenvalue weighted by Crippen LogP contribution is 2.23. The molecule has 1 aromatic rings. The molecule has 0 bridgehead atoms. The van der Waals surface area contributed by atoms with Gasteiger partial charge in [0, 0.05) is 38.3 Å². The highest BCUT2D eigenvalue weighted by Gasteiger charge is 2.38. The van der Waals surface area contributed by atoms with E-state index in [2.05, 4.69) is 27.5 Å². The molecule has 2 aliphatic heterocycles. The standard InChI is InChI=1S/C20H30N4O3/c1-20(2,14-24-11-9-23(3)10-12-24)22-19(26)18-17(21-16(25)13-27-18)15-7-5-4-6-8-15/h4-8,17-18H,9-14H2,1-3H3,(H,21,25)(H,22,26)/t17-,18+/m1/s1. The van der Waals surface area contributed by atoms with Gasteiger partial charge in [0.25, 0.3) is 5.91 Å². The number of piperazine rings is 1. The van der Waals surface area contributed by atoms with Crippen LogP contribution in [0, 0.1) is 0 Å². The van der Waals surface area contributed by atoms with Crippen molar-refractivity contribution >= 4 is 11.8 Å². The van der Waals surface area contributed by atoms with Gasteiger partial charge in [-0.25, -0.2) is 0 Å². The third-order valence-corrected chi connectivity index (χ3v) is 5.11. The predicted octanol–water partition coefficient (Wildman–Crippen LogP) is 0.385. The van der Waals surface area contributed by atoms with E-state index in [9.17, 15) is 9.59 Å². The SMILES string of the molecule is CN1CCN(CC(C)(C)NC(=O)[C@H]2OCC(=O)N[C@@H]2c2ccccc2)CC1. The Morgan fingerprint density at radius 3 is 2.56 bits per heavy atom. The van der Waals surface area contributed by atoms with Gasteiger partial charge in [0.1, 0.15) is 6.61 Å². The number of hydrogen-bond acceptors (Lipinski definition) is 5. The molecule has 0 aliphatic carbocycles. The zero-order chi connectivity index (χ0) is 19.4. The molecule has 27 heavy (non-hydrogen) atoms. The highest BCUT2D eigenvalue weighted by molar-refractivity contribution is 5.86. The van der Waals surface area contributed by atoms with Crippen molar-refractivity contribution in [2.24, 2.45) is 0 Å². The van der Waals surface area contributed by atoms with Gasteiger partial charge < -0.3 is 20.3 Å². The van der Waals surface area contributed by atoms with Gasteiger partial charge in [-0.2, -0.15) is 0 Å². The summed E-state index contributed by atoms with van der Waals surface area (Å²) in [5.41, 5.74) is 0.474. The van der Waals surface area contributed by atoms with Crippen LogP contribution in [0.25, 0.3) is 0 Å². The van der Waals surface area contributed by atoms with Crippen LogP contribution < -0.4 is 10.6 Å². The number of benzene rings is 1. The number of nitrogens with zero attached hydrogens (tertiary/aromatic N) is 2. The number of carbonyl (C=O) groups excluding carboxylic acids is 2. The Labute approximate surface area is 161 Å². The zero-order valence-corrected chi connectivity index (χ0v) is 16.4. The average Bonchev–Trinajstić information content (AvgIpc) is 2.63. The van der Waals surface area contributed by atoms with Crippen LogP contribution >= 0.6 is 0 Å². The van der Waals surface area contributed by atoms with Crippen molar-refractivity contribution in [3.05, 3.63) is 35.9 Å². The predicted molar refractivity (Wildman–Crippen MR) is 103 cm³/mol. The molecule has 0 unspecified atom stereocenters. The number of ether oxygens (including phenoxy) is 1. The summed E-state index contributed by atoms with van der Waals surface area (Å²) in [6.45, 7) is 8.82. The molecule has 7 heteroatoms. The number of hydrogen-bond donors (Lipinski definition) is 2. The first-order valence-corrected chi connectivity index (χ1v) is 9.53. The number of amides is 2. The van der Waals surface area contributed by atoms with E-state index in [1.165, 1.54) is 0 Å². The summed E-state index contributed by atoms with van der Waals surface area (Å²) in [5.74, 6) is -0.396. The first-order chi connectivity index (χ1) is 12.8. The summed E-state index contributed by atoms with van der Waals surface area (Å²) in [4.78, 5) is 29.5. The third-order valence-electron chi connectivity index (χ3n) is 5.11. The summed E-state index contributed by atoms with van der Waals surface area (Å²) >= 11 is 0. The molecular weight excluding hydrogens is 344 g/mol. The van der Waals surface area contributed by atoms with Crippen molar-refractivity contribution < 1.29 is 14.3 Å². The zero-order valence-electron chi connectivity index (χ0n) is 16.4. The maximum Gasteiger partial charge on any atom is 0.252 e. The Balaban J connectivity index is 1.64. The summed E-state index contributed by atoms with van der Waals surface area (Å²) in [6.07, 6.45) is -0.739. The smallest absolute Gasteiger partial charge is 0.252 e. The molecule has 2 aliphatic rings. The lowest BCUT2D eigenvalue weighted by atomic mass is 9.97. The van der Waals surface area contributed by atoms with Crippen LogP contribution in [0.3, 0.4) is 0 Å². The molecule has 0 aromatic heterocycles. The van der Waals surface area contributed by atoms with Crippen molar-refractivity contribution in [2.45, 2.75) is 31.5 Å². The number of carbonyl (C=O) groups is 2. The van der Waals surface area contributed by atoms with E-state index in [1.54, 1.807) is 0 Å². The van der Waals surface area contributed by atoms with Crippen molar-refractivity contribution in [3.8, 4) is 0 Å². The summed E-state index contributed by atoms with van der Waals surface area (Å²) in [7, 11) is 2.13. The van der Waals surface area contributed by atoms with E-state index in [0.717, 1.165) is 38.3 Å². The van der Waals surface area contributed by atoms with Gasteiger partial charge >= 0.3 is 0 Å². The molecule has 3 rings (SSSR count). The fourth-order valence-electron chi connectivity index (χ4n) is 3.71. The van der Waals surface area contributed by atoms with Crippen LogP contribution in [0.5, 0.6) is 0 Å². The molecule has 2 N–H and O–H groups in total. The van der Waals surface area contributed by atoms with Crippen molar-refractivity contribution in [3.63, 3.8) is 0 Å². The quantitative estimate of drug-likeness (QED) is 0.780. The fraction of sp³-hybridized carbons (Fsp3) is 0.600. The van der Waals surface area contributed by atoms with Gasteiger partial charge in [0.05, 0.1) is 6.04 Å². The molecule has 2 fully saturated rings. The maximum atomic E-state index is 13.0. The van der Waals surface area contributed by atoms with Gasteiger partial charge in [-0.3, -0.25) is 14.5 Å². The topological polar surface area (TPSA) is 73.9 Å². The summed E-state index contributed by atoms with van der Waals surface area (Å²) in [6, 6.07) is 9.00. The van der Waals surface area contributed by atoms with Crippen molar-refractivity contribution in [2.75, 3.05) is 46.4 Å². The van der Waals surface area contributed by atoms with Crippen LogP contribution in [0.1, 0.15) is 25.5 Å². The second-order valence-corrected chi connectivity index (χ2v) is 8.14. The maximum absolute atomic E-state index is 13.0. The van der Waals surface area contributed by atoms with Gasteiger partial charge in [0.2, 0.25) is 5.91 Å². The number of likely N-dealkylation sites (N-methyl/N-ethyl adjacent to an activating group) is 1. The monoisotopic (exact) mass is 374 g/mol. The van der Waals surface area contributed by atoms with Crippen LogP contribution in [0.2, 0.25) is 0 Å². The molecule has 2 atom stereocenters. The minimum Gasteiger partial charge on any atom is -0.356 e. The third kappa shape index (κ3) is 5.28. The average molecular weight is 374 g/mol. The lowest BCUT2D eigenvalue weighted by Crippen LogP contribution is -2.59. The first kappa shape index (κ1) is 19.8. The molecule has 148 valence electrons. The van der Waals surface area contributed by atoms with Gasteiger partial charge in [-0.15, -0.1) is 0 Å². The molecular formula is C20H30N4O3. The molecule has 7 nitrogen and oxygen atoms in total. The Morgan fingerprint density at radius 2 is 1.89 bits per heavy atom. The van der Waals surface area contributed by atoms with Crippen LogP contribution in [-0.2, 0) is 14.3 Å². The lowest BCUT2D eigenvalue weighted by molar-refractivity contribution is -0.149. The van der Waals surface area contributed by atoms with E-state index < -0.39 is 12.1 Å². The van der Waals surface area contributed by atoms with E-state index in [-0.39, 0.29) is 24.0 Å². The van der Waals surface area contributed by atoms with Crippen molar-refractivity contribution in [1.29, 1.82) is 0 Å². The molecule has 2 heterocycles.